The van der Waals surface area contributed by atoms with E-state index in [9.17, 15) is 9.59 Å². The lowest BCUT2D eigenvalue weighted by Gasteiger charge is -2.19. The van der Waals surface area contributed by atoms with E-state index in [-0.39, 0.29) is 25.3 Å². The molecule has 0 aromatic heterocycles. The fourth-order valence-electron chi connectivity index (χ4n) is 4.06. The van der Waals surface area contributed by atoms with Gasteiger partial charge in [-0.15, -0.1) is 0 Å². The van der Waals surface area contributed by atoms with Gasteiger partial charge in [0.25, 0.3) is 0 Å². The number of esters is 2. The Morgan fingerprint density at radius 3 is 1.76 bits per heavy atom. The third-order valence-corrected chi connectivity index (χ3v) is 10.0. The number of hydrogen-bond donors (Lipinski definition) is 0. The van der Waals surface area contributed by atoms with Gasteiger partial charge in [-0.3, -0.25) is 9.59 Å². The van der Waals surface area contributed by atoms with Gasteiger partial charge >= 0.3 is 11.9 Å². The van der Waals surface area contributed by atoms with Crippen LogP contribution in [0.25, 0.3) is 0 Å². The molecule has 0 heterocycles. The molecule has 2 aromatic rings. The SMILES string of the molecule is C.CC(C)CBr.CCOC(=O)C(CC(C)C)c1ccc(I)c(OCC2CC2)c1.CCOC(=O)Cc1ccc(I)c(OCC2CC2)c1. The molecule has 2 aliphatic rings. The highest BCUT2D eigenvalue weighted by Gasteiger charge is 2.26. The van der Waals surface area contributed by atoms with Gasteiger partial charge in [0, 0.05) is 5.33 Å². The van der Waals surface area contributed by atoms with Crippen LogP contribution in [0.1, 0.15) is 98.1 Å². The van der Waals surface area contributed by atoms with Gasteiger partial charge in [0.2, 0.25) is 0 Å². The highest BCUT2D eigenvalue weighted by molar-refractivity contribution is 14.1. The van der Waals surface area contributed by atoms with Gasteiger partial charge in [-0.05, 0) is 150 Å². The average Bonchev–Trinajstić information content (AvgIpc) is 3.93. The van der Waals surface area contributed by atoms with Crippen molar-refractivity contribution in [2.75, 3.05) is 31.8 Å². The normalized spacial score (nSPS) is 14.2. The molecular weight excluding hydrogens is 874 g/mol. The van der Waals surface area contributed by atoms with Gasteiger partial charge in [0.15, 0.2) is 0 Å². The summed E-state index contributed by atoms with van der Waals surface area (Å²) in [5.41, 5.74) is 1.94. The largest absolute Gasteiger partial charge is 0.492 e. The smallest absolute Gasteiger partial charge is 0.313 e. The standard InChI is InChI=1S/C18H25IO3.C14H17IO3.C4H9Br.CH4/c1-4-21-18(20)15(9-12(2)3)14-7-8-16(19)17(10-14)22-11-13-5-6-13;1-2-17-14(16)8-11-5-6-12(15)13(7-11)18-9-10-3-4-10;1-4(2)3-5;/h7-8,10,12-13,15H,4-6,9,11H2,1-3H3;5-7,10H,2-4,8-9H2,1H3;4H,3H2,1-2H3;1H4. The molecule has 0 bridgehead atoms. The summed E-state index contributed by atoms with van der Waals surface area (Å²) in [5.74, 6) is 3.93. The first kappa shape index (κ1) is 42.9. The van der Waals surface area contributed by atoms with E-state index in [2.05, 4.69) is 88.8 Å². The second-order valence-corrected chi connectivity index (χ2v) is 15.4. The number of carbonyl (C=O) groups excluding carboxylic acids is 2. The number of ether oxygens (including phenoxy) is 4. The van der Waals surface area contributed by atoms with Gasteiger partial charge in [-0.1, -0.05) is 63.2 Å². The first-order valence-electron chi connectivity index (χ1n) is 16.2. The maximum absolute atomic E-state index is 12.3. The van der Waals surface area contributed by atoms with Crippen molar-refractivity contribution >= 4 is 73.1 Å². The lowest BCUT2D eigenvalue weighted by Crippen LogP contribution is -2.18. The van der Waals surface area contributed by atoms with Crippen LogP contribution in [-0.4, -0.2) is 43.7 Å². The molecule has 4 rings (SSSR count). The summed E-state index contributed by atoms with van der Waals surface area (Å²) in [7, 11) is 0. The van der Waals surface area contributed by atoms with Gasteiger partial charge in [-0.2, -0.15) is 0 Å². The number of carbonyl (C=O) groups is 2. The van der Waals surface area contributed by atoms with Crippen molar-refractivity contribution < 1.29 is 28.5 Å². The second-order valence-electron chi connectivity index (χ2n) is 12.4. The number of benzene rings is 2. The van der Waals surface area contributed by atoms with Crippen molar-refractivity contribution in [3.05, 3.63) is 54.7 Å². The summed E-state index contributed by atoms with van der Waals surface area (Å²) in [6.45, 7) is 14.7. The molecule has 2 aliphatic carbocycles. The predicted octanol–water partition coefficient (Wildman–Crippen LogP) is 10.6. The molecule has 2 aromatic carbocycles. The fraction of sp³-hybridized carbons (Fsp3) is 0.622. The lowest BCUT2D eigenvalue weighted by atomic mass is 9.90. The van der Waals surface area contributed by atoms with E-state index in [4.69, 9.17) is 18.9 Å². The molecular formula is C37H55BrI2O6. The molecule has 6 nitrogen and oxygen atoms in total. The number of halogens is 3. The van der Waals surface area contributed by atoms with E-state index >= 15 is 0 Å². The third kappa shape index (κ3) is 17.9. The maximum Gasteiger partial charge on any atom is 0.313 e. The highest BCUT2D eigenvalue weighted by atomic mass is 127. The molecule has 2 saturated carbocycles. The quantitative estimate of drug-likeness (QED) is 0.101. The van der Waals surface area contributed by atoms with Crippen LogP contribution >= 0.6 is 61.1 Å². The van der Waals surface area contributed by atoms with Crippen LogP contribution < -0.4 is 9.47 Å². The van der Waals surface area contributed by atoms with Crippen LogP contribution in [-0.2, 0) is 25.5 Å². The van der Waals surface area contributed by atoms with Gasteiger partial charge < -0.3 is 18.9 Å². The molecule has 260 valence electrons. The Kier molecular flexibility index (Phi) is 21.8. The lowest BCUT2D eigenvalue weighted by molar-refractivity contribution is -0.145. The zero-order valence-corrected chi connectivity index (χ0v) is 33.6. The van der Waals surface area contributed by atoms with Crippen molar-refractivity contribution in [2.24, 2.45) is 23.7 Å². The maximum atomic E-state index is 12.3. The summed E-state index contributed by atoms with van der Waals surface area (Å²) in [6.07, 6.45) is 6.20. The van der Waals surface area contributed by atoms with E-state index in [1.54, 1.807) is 0 Å². The van der Waals surface area contributed by atoms with Crippen molar-refractivity contribution in [1.82, 2.24) is 0 Å². The van der Waals surface area contributed by atoms with Crippen LogP contribution in [0.2, 0.25) is 0 Å². The Morgan fingerprint density at radius 2 is 1.30 bits per heavy atom. The van der Waals surface area contributed by atoms with Crippen LogP contribution in [0.15, 0.2) is 36.4 Å². The highest BCUT2D eigenvalue weighted by Crippen LogP contribution is 2.34. The minimum Gasteiger partial charge on any atom is -0.492 e. The van der Waals surface area contributed by atoms with Crippen LogP contribution in [0.3, 0.4) is 0 Å². The summed E-state index contributed by atoms with van der Waals surface area (Å²) in [6, 6.07) is 12.0. The van der Waals surface area contributed by atoms with Gasteiger partial charge in [-0.25, -0.2) is 0 Å². The molecule has 0 radical (unpaired) electrons. The monoisotopic (exact) mass is 928 g/mol. The predicted molar refractivity (Wildman–Crippen MR) is 209 cm³/mol. The summed E-state index contributed by atoms with van der Waals surface area (Å²) < 4.78 is 24.1. The van der Waals surface area contributed by atoms with Crippen molar-refractivity contribution in [3.8, 4) is 11.5 Å². The van der Waals surface area contributed by atoms with Gasteiger partial charge in [0.05, 0.1) is 45.9 Å². The molecule has 2 fully saturated rings. The summed E-state index contributed by atoms with van der Waals surface area (Å²) >= 11 is 7.85. The Morgan fingerprint density at radius 1 is 0.804 bits per heavy atom. The molecule has 0 aliphatic heterocycles. The third-order valence-electron chi connectivity index (χ3n) is 6.94. The molecule has 1 unspecified atom stereocenters. The van der Waals surface area contributed by atoms with Gasteiger partial charge in [0.1, 0.15) is 11.5 Å². The number of hydrogen-bond acceptors (Lipinski definition) is 6. The topological polar surface area (TPSA) is 71.1 Å². The summed E-state index contributed by atoms with van der Waals surface area (Å²) in [4.78, 5) is 23.7. The van der Waals surface area contributed by atoms with Crippen molar-refractivity contribution in [1.29, 1.82) is 0 Å². The minimum atomic E-state index is -0.208. The Bertz CT molecular complexity index is 1180. The molecule has 1 atom stereocenters. The first-order chi connectivity index (χ1) is 21.5. The van der Waals surface area contributed by atoms with E-state index in [1.165, 1.54) is 25.7 Å². The molecule has 0 saturated heterocycles. The number of rotatable bonds is 15. The molecule has 46 heavy (non-hydrogen) atoms. The molecule has 0 amide bonds. The fourth-order valence-corrected chi connectivity index (χ4v) is 5.04. The van der Waals surface area contributed by atoms with E-state index < -0.39 is 0 Å². The van der Waals surface area contributed by atoms with Crippen LogP contribution in [0, 0.1) is 30.8 Å². The summed E-state index contributed by atoms with van der Waals surface area (Å²) in [5, 5.41) is 1.12. The average molecular weight is 930 g/mol. The zero-order valence-electron chi connectivity index (χ0n) is 27.7. The Balaban J connectivity index is 0.000000399. The van der Waals surface area contributed by atoms with Crippen molar-refractivity contribution in [2.45, 2.75) is 93.4 Å². The first-order valence-corrected chi connectivity index (χ1v) is 19.5. The second kappa shape index (κ2) is 23.3. The number of alkyl halides is 1. The molecule has 9 heteroatoms. The van der Waals surface area contributed by atoms with E-state index in [0.29, 0.717) is 25.6 Å². The zero-order chi connectivity index (χ0) is 33.4. The van der Waals surface area contributed by atoms with E-state index in [1.807, 2.05) is 50.2 Å². The van der Waals surface area contributed by atoms with Crippen LogP contribution in [0.4, 0.5) is 0 Å². The Hall–Kier alpha value is -1.08. The Labute approximate surface area is 314 Å². The van der Waals surface area contributed by atoms with Crippen molar-refractivity contribution in [3.63, 3.8) is 0 Å². The van der Waals surface area contributed by atoms with E-state index in [0.717, 1.165) is 72.5 Å². The molecule has 0 spiro atoms. The van der Waals surface area contributed by atoms with Crippen LogP contribution in [0.5, 0.6) is 11.5 Å². The molecule has 0 N–H and O–H groups in total. The minimum absolute atomic E-state index is 0.